The highest BCUT2D eigenvalue weighted by Crippen LogP contribution is 2.36. The molecule has 0 fully saturated rings. The molecule has 1 unspecified atom stereocenters. The van der Waals surface area contributed by atoms with Crippen molar-refractivity contribution in [3.63, 3.8) is 0 Å². The molecule has 0 aliphatic heterocycles. The van der Waals surface area contributed by atoms with Gasteiger partial charge in [-0.05, 0) is 31.5 Å². The normalized spacial score (nSPS) is 15.2. The van der Waals surface area contributed by atoms with Gasteiger partial charge in [-0.3, -0.25) is 0 Å². The summed E-state index contributed by atoms with van der Waals surface area (Å²) >= 11 is 0. The predicted molar refractivity (Wildman–Crippen MR) is 114 cm³/mol. The lowest BCUT2D eigenvalue weighted by Crippen LogP contribution is -2.60. The van der Waals surface area contributed by atoms with Gasteiger partial charge in [0.2, 0.25) is 0 Å². The van der Waals surface area contributed by atoms with Crippen LogP contribution in [0.5, 0.6) is 0 Å². The zero-order valence-electron chi connectivity index (χ0n) is 17.4. The van der Waals surface area contributed by atoms with E-state index in [1.54, 1.807) is 0 Å². The van der Waals surface area contributed by atoms with E-state index in [4.69, 9.17) is 4.43 Å². The topological polar surface area (TPSA) is 29.5 Å². The van der Waals surface area contributed by atoms with Gasteiger partial charge in [0.05, 0.1) is 0 Å². The maximum Gasteiger partial charge on any atom is 0.191 e. The Morgan fingerprint density at radius 3 is 2.08 bits per heavy atom. The molecule has 0 heterocycles. The molecule has 0 aliphatic carbocycles. The van der Waals surface area contributed by atoms with E-state index in [1.807, 2.05) is 25.1 Å². The molecule has 1 rings (SSSR count). The summed E-state index contributed by atoms with van der Waals surface area (Å²) in [4.78, 5) is 0. The van der Waals surface area contributed by atoms with Crippen LogP contribution >= 0.6 is 0 Å². The first kappa shape index (κ1) is 22.2. The highest BCUT2D eigenvalue weighted by molar-refractivity contribution is 6.92. The summed E-state index contributed by atoms with van der Waals surface area (Å²) in [7, 11) is -3.74. The summed E-state index contributed by atoms with van der Waals surface area (Å²) in [6, 6.07) is 10.3. The molecule has 0 radical (unpaired) electrons. The lowest BCUT2D eigenvalue weighted by molar-refractivity contribution is 0.198. The van der Waals surface area contributed by atoms with E-state index in [2.05, 4.69) is 70.9 Å². The molecule has 0 spiro atoms. The van der Waals surface area contributed by atoms with Crippen molar-refractivity contribution in [2.24, 2.45) is 0 Å². The summed E-state index contributed by atoms with van der Waals surface area (Å²) in [6.07, 6.45) is 1.69. The van der Waals surface area contributed by atoms with Gasteiger partial charge in [-0.1, -0.05) is 75.3 Å². The van der Waals surface area contributed by atoms with Crippen LogP contribution < -0.4 is 5.19 Å². The van der Waals surface area contributed by atoms with Crippen molar-refractivity contribution >= 4 is 21.6 Å². The second-order valence-corrected chi connectivity index (χ2v) is 18.7. The number of benzene rings is 1. The molecule has 0 aromatic heterocycles. The van der Waals surface area contributed by atoms with Crippen molar-refractivity contribution in [3.8, 4) is 11.8 Å². The lowest BCUT2D eigenvalue weighted by atomic mass is 10.2. The SMILES string of the molecule is CC(C)(C)[Si](C)(C)OCCCC#CC(C)(O)[Si](C)(C)c1ccccc1. The van der Waals surface area contributed by atoms with E-state index in [0.29, 0.717) is 0 Å². The van der Waals surface area contributed by atoms with Crippen LogP contribution in [-0.2, 0) is 4.43 Å². The fraction of sp³-hybridized carbons (Fsp3) is 0.619. The first-order valence-corrected chi connectivity index (χ1v) is 15.1. The van der Waals surface area contributed by atoms with Gasteiger partial charge in [-0.2, -0.15) is 0 Å². The van der Waals surface area contributed by atoms with E-state index in [9.17, 15) is 5.11 Å². The number of rotatable bonds is 6. The molecule has 0 saturated carbocycles. The minimum absolute atomic E-state index is 0.244. The van der Waals surface area contributed by atoms with E-state index < -0.39 is 21.6 Å². The quantitative estimate of drug-likeness (QED) is 0.443. The van der Waals surface area contributed by atoms with Gasteiger partial charge >= 0.3 is 0 Å². The molecular formula is C21H36O2Si2. The Bertz CT molecular complexity index is 602. The molecule has 0 aliphatic rings. The van der Waals surface area contributed by atoms with Crippen molar-refractivity contribution in [3.05, 3.63) is 30.3 Å². The van der Waals surface area contributed by atoms with E-state index >= 15 is 0 Å². The average molecular weight is 377 g/mol. The molecule has 25 heavy (non-hydrogen) atoms. The van der Waals surface area contributed by atoms with Crippen molar-refractivity contribution in [2.45, 2.75) is 77.0 Å². The minimum Gasteiger partial charge on any atom is -0.417 e. The lowest BCUT2D eigenvalue weighted by Gasteiger charge is -2.36. The Hall–Kier alpha value is -0.866. The number of unbranched alkanes of at least 4 members (excludes halogenated alkanes) is 1. The van der Waals surface area contributed by atoms with Crippen LogP contribution in [-0.4, -0.2) is 33.3 Å². The van der Waals surface area contributed by atoms with Crippen molar-refractivity contribution in [1.82, 2.24) is 0 Å². The molecule has 1 atom stereocenters. The van der Waals surface area contributed by atoms with Gasteiger partial charge in [-0.25, -0.2) is 0 Å². The smallest absolute Gasteiger partial charge is 0.191 e. The Balaban J connectivity index is 2.60. The molecule has 0 saturated heterocycles. The molecule has 140 valence electrons. The summed E-state index contributed by atoms with van der Waals surface area (Å²) in [5, 5.41) is 11.5. The van der Waals surface area contributed by atoms with Gasteiger partial charge in [0.15, 0.2) is 8.32 Å². The third kappa shape index (κ3) is 5.82. The first-order valence-electron chi connectivity index (χ1n) is 9.23. The Kier molecular flexibility index (Phi) is 7.29. The monoisotopic (exact) mass is 376 g/mol. The number of hydrogen-bond acceptors (Lipinski definition) is 2. The standard InChI is InChI=1S/C21H36O2Si2/c1-20(2,3)25(7,8)23-18-14-10-13-17-21(4,22)24(5,6)19-15-11-9-12-16-19/h9,11-12,15-16,22H,10,14,18H2,1-8H3. The zero-order chi connectivity index (χ0) is 19.4. The molecule has 1 N–H and O–H groups in total. The number of hydrogen-bond donors (Lipinski definition) is 1. The summed E-state index contributed by atoms with van der Waals surface area (Å²) in [6.45, 7) is 18.3. The largest absolute Gasteiger partial charge is 0.417 e. The number of aliphatic hydroxyl groups is 1. The third-order valence-corrected chi connectivity index (χ3v) is 14.6. The van der Waals surface area contributed by atoms with Gasteiger partial charge in [0, 0.05) is 13.0 Å². The fourth-order valence-corrected chi connectivity index (χ4v) is 5.31. The van der Waals surface area contributed by atoms with Crippen LogP contribution in [0.15, 0.2) is 30.3 Å². The average Bonchev–Trinajstić information content (AvgIpc) is 2.50. The van der Waals surface area contributed by atoms with Crippen LogP contribution in [0.25, 0.3) is 0 Å². The Labute approximate surface area is 157 Å². The van der Waals surface area contributed by atoms with E-state index in [-0.39, 0.29) is 5.04 Å². The van der Waals surface area contributed by atoms with Crippen LogP contribution in [0.3, 0.4) is 0 Å². The van der Waals surface area contributed by atoms with Crippen molar-refractivity contribution < 1.29 is 9.53 Å². The van der Waals surface area contributed by atoms with E-state index in [0.717, 1.165) is 19.4 Å². The maximum absolute atomic E-state index is 11.0. The summed E-state index contributed by atoms with van der Waals surface area (Å²) in [5.74, 6) is 6.35. The van der Waals surface area contributed by atoms with Crippen molar-refractivity contribution in [2.75, 3.05) is 6.61 Å². The van der Waals surface area contributed by atoms with Crippen LogP contribution in [0.1, 0.15) is 40.5 Å². The van der Waals surface area contributed by atoms with Gasteiger partial charge in [-0.15, -0.1) is 5.92 Å². The van der Waals surface area contributed by atoms with E-state index in [1.165, 1.54) is 5.19 Å². The second-order valence-electron chi connectivity index (χ2n) is 9.08. The van der Waals surface area contributed by atoms with Crippen LogP contribution in [0.4, 0.5) is 0 Å². The van der Waals surface area contributed by atoms with Crippen LogP contribution in [0, 0.1) is 11.8 Å². The molecule has 1 aromatic carbocycles. The summed E-state index contributed by atoms with van der Waals surface area (Å²) < 4.78 is 6.18. The predicted octanol–water partition coefficient (Wildman–Crippen LogP) is 4.70. The zero-order valence-corrected chi connectivity index (χ0v) is 19.4. The van der Waals surface area contributed by atoms with Gasteiger partial charge in [0.25, 0.3) is 0 Å². The summed E-state index contributed by atoms with van der Waals surface area (Å²) in [5.41, 5.74) is 0. The van der Waals surface area contributed by atoms with Crippen LogP contribution in [0.2, 0.25) is 31.2 Å². The first-order chi connectivity index (χ1) is 11.3. The second kappa shape index (κ2) is 8.22. The maximum atomic E-state index is 11.0. The molecule has 0 amide bonds. The Morgan fingerprint density at radius 1 is 1.00 bits per heavy atom. The molecule has 0 bridgehead atoms. The Morgan fingerprint density at radius 2 is 1.56 bits per heavy atom. The molecule has 1 aromatic rings. The highest BCUT2D eigenvalue weighted by atomic mass is 28.4. The molecule has 4 heteroatoms. The highest BCUT2D eigenvalue weighted by Gasteiger charge is 2.41. The van der Waals surface area contributed by atoms with Gasteiger partial charge < -0.3 is 9.53 Å². The fourth-order valence-electron chi connectivity index (χ4n) is 2.23. The third-order valence-electron chi connectivity index (χ3n) is 5.76. The molecular weight excluding hydrogens is 340 g/mol. The van der Waals surface area contributed by atoms with Crippen molar-refractivity contribution in [1.29, 1.82) is 0 Å². The molecule has 2 nitrogen and oxygen atoms in total. The van der Waals surface area contributed by atoms with Gasteiger partial charge in [0.1, 0.15) is 13.3 Å². The minimum atomic E-state index is -2.07.